The average molecular weight is 488 g/mol. The molecule has 0 bridgehead atoms. The first-order valence-corrected chi connectivity index (χ1v) is 12.9. The molecule has 2 aromatic rings. The van der Waals surface area contributed by atoms with Crippen molar-refractivity contribution in [1.29, 1.82) is 0 Å². The van der Waals surface area contributed by atoms with Crippen molar-refractivity contribution in [3.05, 3.63) is 64.9 Å². The van der Waals surface area contributed by atoms with Gasteiger partial charge in [0.15, 0.2) is 0 Å². The maximum absolute atomic E-state index is 13.0. The van der Waals surface area contributed by atoms with Gasteiger partial charge in [-0.1, -0.05) is 31.2 Å². The number of nitrogens with one attached hydrogen (secondary N) is 2. The molecule has 3 amide bonds. The Labute approximate surface area is 199 Å². The molecule has 2 N–H and O–H groups in total. The van der Waals surface area contributed by atoms with E-state index in [-0.39, 0.29) is 30.4 Å². The van der Waals surface area contributed by atoms with Crippen LogP contribution in [0.15, 0.2) is 53.4 Å². The van der Waals surface area contributed by atoms with Crippen molar-refractivity contribution in [2.45, 2.75) is 56.5 Å². The number of hydrogen-bond donors (Lipinski definition) is 2. The van der Waals surface area contributed by atoms with Crippen molar-refractivity contribution < 1.29 is 27.4 Å². The van der Waals surface area contributed by atoms with Crippen LogP contribution in [0.1, 0.15) is 43.7 Å². The number of nitrogens with zero attached hydrogens (tertiary/aromatic N) is 1. The Balaban J connectivity index is 1.33. The van der Waals surface area contributed by atoms with E-state index in [1.807, 2.05) is 0 Å². The summed E-state index contributed by atoms with van der Waals surface area (Å²) < 4.78 is 31.3. The third-order valence-corrected chi connectivity index (χ3v) is 7.85. The summed E-state index contributed by atoms with van der Waals surface area (Å²) in [7, 11) is -4.03. The van der Waals surface area contributed by atoms with Gasteiger partial charge in [-0.2, -0.15) is 4.79 Å². The molecule has 0 radical (unpaired) electrons. The van der Waals surface area contributed by atoms with Gasteiger partial charge in [-0.3, -0.25) is 4.65 Å². The summed E-state index contributed by atoms with van der Waals surface area (Å²) in [6.45, 7) is 2.11. The number of hydrogen-bond acceptors (Lipinski definition) is 6. The Morgan fingerprint density at radius 2 is 1.76 bits per heavy atom. The third kappa shape index (κ3) is 5.57. The average Bonchev–Trinajstić information content (AvgIpc) is 2.80. The van der Waals surface area contributed by atoms with Gasteiger partial charge in [-0.05, 0) is 61.4 Å². The topological polar surface area (TPSA) is 125 Å². The van der Waals surface area contributed by atoms with Crippen molar-refractivity contribution in [1.82, 2.24) is 10.0 Å². The highest BCUT2D eigenvalue weighted by Gasteiger charge is 2.36. The number of ether oxygens (including phenoxy) is 1. The minimum Gasteiger partial charge on any atom is -0.622 e. The molecule has 10 heteroatoms. The monoisotopic (exact) mass is 487 g/mol. The van der Waals surface area contributed by atoms with Gasteiger partial charge in [0.05, 0.1) is 17.0 Å². The smallest absolute Gasteiger partial charge is 0.521 e. The number of quaternary nitrogens is 1. The first-order chi connectivity index (χ1) is 16.1. The number of hydroxylamine groups is 3. The summed E-state index contributed by atoms with van der Waals surface area (Å²) in [6, 6.07) is 12.1. The molecule has 1 fully saturated rings. The lowest BCUT2D eigenvalue weighted by molar-refractivity contribution is -0.822. The van der Waals surface area contributed by atoms with Crippen molar-refractivity contribution in [3.63, 3.8) is 0 Å². The molecule has 1 aliphatic carbocycles. The van der Waals surface area contributed by atoms with Crippen LogP contribution in [-0.4, -0.2) is 37.8 Å². The maximum atomic E-state index is 13.0. The fourth-order valence-electron chi connectivity index (χ4n) is 4.37. The summed E-state index contributed by atoms with van der Waals surface area (Å²) in [4.78, 5) is 24.4. The number of amides is 3. The Hall–Kier alpha value is -2.95. The molecule has 2 aromatic carbocycles. The second kappa shape index (κ2) is 9.73. The van der Waals surface area contributed by atoms with Gasteiger partial charge in [0.25, 0.3) is 10.0 Å². The Kier molecular flexibility index (Phi) is 6.92. The lowest BCUT2D eigenvalue weighted by Crippen LogP contribution is -2.52. The molecular weight excluding hydrogens is 458 g/mol. The van der Waals surface area contributed by atoms with Crippen LogP contribution in [0.2, 0.25) is 0 Å². The van der Waals surface area contributed by atoms with Crippen LogP contribution in [0.5, 0.6) is 5.75 Å². The number of rotatable bonds is 6. The molecule has 1 heterocycles. The highest BCUT2D eigenvalue weighted by atomic mass is 32.2. The van der Waals surface area contributed by atoms with Crippen LogP contribution in [0.25, 0.3) is 0 Å². The molecule has 1 aliphatic heterocycles. The number of sulfonamides is 1. The van der Waals surface area contributed by atoms with Crippen LogP contribution in [0, 0.1) is 11.1 Å². The van der Waals surface area contributed by atoms with E-state index < -0.39 is 26.8 Å². The van der Waals surface area contributed by atoms with Crippen LogP contribution < -0.4 is 14.8 Å². The molecule has 182 valence electrons. The standard InChI is InChI=1S/C24H29N3O6S/c1-17-6-10-20(11-7-17)25-23(28)26-34(31,32)21-12-8-18(9-13-21)14-15-27(30)16-19-4-2-3-5-22(19)33-24(27)29/h2-5,8-9,12-13,17,20H,6-7,10-11,14-16H2,1H3,(H2,25,26,28). The van der Waals surface area contributed by atoms with Crippen molar-refractivity contribution in [2.75, 3.05) is 6.54 Å². The van der Waals surface area contributed by atoms with E-state index in [2.05, 4.69) is 17.0 Å². The third-order valence-electron chi connectivity index (χ3n) is 6.50. The van der Waals surface area contributed by atoms with Gasteiger partial charge in [-0.15, -0.1) is 0 Å². The van der Waals surface area contributed by atoms with Crippen molar-refractivity contribution in [2.24, 2.45) is 5.92 Å². The summed E-state index contributed by atoms with van der Waals surface area (Å²) in [6.07, 6.45) is 3.08. The number of carbonyl (C=O) groups is 2. The first kappa shape index (κ1) is 24.2. The normalized spacial score (nSPS) is 24.6. The molecule has 0 spiro atoms. The summed E-state index contributed by atoms with van der Waals surface area (Å²) >= 11 is 0. The van der Waals surface area contributed by atoms with Gasteiger partial charge in [-0.25, -0.2) is 17.9 Å². The van der Waals surface area contributed by atoms with E-state index >= 15 is 0 Å². The fraction of sp³-hybridized carbons (Fsp3) is 0.417. The Bertz CT molecular complexity index is 1160. The highest BCUT2D eigenvalue weighted by Crippen LogP contribution is 2.30. The maximum Gasteiger partial charge on any atom is 0.521 e. The van der Waals surface area contributed by atoms with Gasteiger partial charge in [0, 0.05) is 12.5 Å². The van der Waals surface area contributed by atoms with E-state index in [4.69, 9.17) is 4.74 Å². The Morgan fingerprint density at radius 1 is 1.09 bits per heavy atom. The second-order valence-electron chi connectivity index (χ2n) is 9.18. The molecular formula is C24H29N3O6S. The number of fused-ring (bicyclic) bond motifs is 1. The van der Waals surface area contributed by atoms with Crippen LogP contribution in [0.3, 0.4) is 0 Å². The lowest BCUT2D eigenvalue weighted by Gasteiger charge is -2.40. The SMILES string of the molecule is CC1CCC(NC(=O)NS(=O)(=O)c2ccc(CC[N+]3([O-])Cc4ccccc4OC3=O)cc2)CC1. The predicted octanol–water partition coefficient (Wildman–Crippen LogP) is 3.82. The number of urea groups is 1. The quantitative estimate of drug-likeness (QED) is 0.471. The zero-order chi connectivity index (χ0) is 24.3. The number of carbonyl (C=O) groups excluding carboxylic acids is 2. The number of benzene rings is 2. The van der Waals surface area contributed by atoms with Gasteiger partial charge >= 0.3 is 12.1 Å². The first-order valence-electron chi connectivity index (χ1n) is 11.5. The van der Waals surface area contributed by atoms with Crippen LogP contribution in [0.4, 0.5) is 9.59 Å². The van der Waals surface area contributed by atoms with Crippen molar-refractivity contribution in [3.8, 4) is 5.75 Å². The van der Waals surface area contributed by atoms with Gasteiger partial charge in [0.1, 0.15) is 12.3 Å². The molecule has 0 aromatic heterocycles. The van der Waals surface area contributed by atoms with Crippen LogP contribution >= 0.6 is 0 Å². The lowest BCUT2D eigenvalue weighted by atomic mass is 9.87. The molecule has 1 unspecified atom stereocenters. The van der Waals surface area contributed by atoms with Crippen molar-refractivity contribution >= 4 is 22.1 Å². The van der Waals surface area contributed by atoms with E-state index in [1.54, 1.807) is 36.4 Å². The van der Waals surface area contributed by atoms with E-state index in [9.17, 15) is 23.2 Å². The molecule has 2 aliphatic rings. The highest BCUT2D eigenvalue weighted by molar-refractivity contribution is 7.90. The van der Waals surface area contributed by atoms with Gasteiger partial charge < -0.3 is 15.3 Å². The zero-order valence-corrected chi connectivity index (χ0v) is 19.8. The largest absolute Gasteiger partial charge is 0.622 e. The zero-order valence-electron chi connectivity index (χ0n) is 19.0. The molecule has 1 saturated carbocycles. The summed E-state index contributed by atoms with van der Waals surface area (Å²) in [5.41, 5.74) is 1.37. The molecule has 1 atom stereocenters. The van der Waals surface area contributed by atoms with E-state index in [0.717, 1.165) is 25.7 Å². The summed E-state index contributed by atoms with van der Waals surface area (Å²) in [5.74, 6) is 1.03. The molecule has 9 nitrogen and oxygen atoms in total. The minimum absolute atomic E-state index is 0.0135. The summed E-state index contributed by atoms with van der Waals surface area (Å²) in [5, 5.41) is 15.8. The Morgan fingerprint density at radius 3 is 2.47 bits per heavy atom. The number of para-hydroxylation sites is 1. The molecule has 34 heavy (non-hydrogen) atoms. The molecule has 0 saturated heterocycles. The predicted molar refractivity (Wildman–Crippen MR) is 125 cm³/mol. The molecule has 4 rings (SSSR count). The van der Waals surface area contributed by atoms with E-state index in [1.165, 1.54) is 12.1 Å². The fourth-order valence-corrected chi connectivity index (χ4v) is 5.28. The minimum atomic E-state index is -4.03. The van der Waals surface area contributed by atoms with E-state index in [0.29, 0.717) is 22.8 Å². The second-order valence-corrected chi connectivity index (χ2v) is 10.9. The van der Waals surface area contributed by atoms with Gasteiger partial charge in [0.2, 0.25) is 0 Å². The van der Waals surface area contributed by atoms with Crippen LogP contribution in [-0.2, 0) is 23.0 Å².